The largest absolute Gasteiger partial charge is 0.317 e. The summed E-state index contributed by atoms with van der Waals surface area (Å²) >= 11 is 3.56. The van der Waals surface area contributed by atoms with Crippen LogP contribution in [0.1, 0.15) is 18.9 Å². The fourth-order valence-electron chi connectivity index (χ4n) is 4.79. The number of pyridine rings is 1. The highest BCUT2D eigenvalue weighted by molar-refractivity contribution is 9.10. The summed E-state index contributed by atoms with van der Waals surface area (Å²) in [6, 6.07) is 26.1. The number of piperidine rings is 1. The molecule has 3 aromatic carbocycles. The molecular weight excluding hydrogens is 460 g/mol. The molecule has 3 heterocycles. The minimum atomic E-state index is 0.388. The van der Waals surface area contributed by atoms with Gasteiger partial charge in [0.25, 0.3) is 0 Å². The van der Waals surface area contributed by atoms with Crippen LogP contribution >= 0.6 is 15.9 Å². The third-order valence-corrected chi connectivity index (χ3v) is 6.94. The summed E-state index contributed by atoms with van der Waals surface area (Å²) in [5.41, 5.74) is 5.37. The summed E-state index contributed by atoms with van der Waals surface area (Å²) in [7, 11) is 0. The number of hydrogen-bond acceptors (Lipinski definition) is 3. The van der Waals surface area contributed by atoms with Crippen LogP contribution in [-0.4, -0.2) is 27.6 Å². The maximum Gasteiger partial charge on any atom is 0.161 e. The smallest absolute Gasteiger partial charge is 0.161 e. The molecule has 1 aliphatic heterocycles. The Morgan fingerprint density at radius 3 is 2.41 bits per heavy atom. The van der Waals surface area contributed by atoms with Gasteiger partial charge in [0.1, 0.15) is 11.3 Å². The Balaban J connectivity index is 1.59. The van der Waals surface area contributed by atoms with Crippen LogP contribution in [0.2, 0.25) is 0 Å². The highest BCUT2D eigenvalue weighted by atomic mass is 79.9. The van der Waals surface area contributed by atoms with Crippen molar-refractivity contribution in [1.29, 1.82) is 0 Å². The lowest BCUT2D eigenvalue weighted by molar-refractivity contribution is 0.376. The first-order valence-corrected chi connectivity index (χ1v) is 11.9. The Hall–Kier alpha value is -3.02. The minimum Gasteiger partial charge on any atom is -0.317 e. The monoisotopic (exact) mass is 482 g/mol. The maximum atomic E-state index is 5.21. The van der Waals surface area contributed by atoms with E-state index in [-0.39, 0.29) is 0 Å². The van der Waals surface area contributed by atoms with Gasteiger partial charge in [0.05, 0.1) is 0 Å². The molecule has 1 saturated heterocycles. The van der Waals surface area contributed by atoms with Crippen LogP contribution < -0.4 is 5.32 Å². The number of benzene rings is 3. The van der Waals surface area contributed by atoms with Gasteiger partial charge in [-0.1, -0.05) is 64.5 Å². The second kappa shape index (κ2) is 8.15. The molecule has 0 aliphatic carbocycles. The Bertz CT molecular complexity index is 1420. The minimum absolute atomic E-state index is 0.388. The van der Waals surface area contributed by atoms with Crippen LogP contribution in [0.15, 0.2) is 83.5 Å². The lowest BCUT2D eigenvalue weighted by Crippen LogP contribution is -2.29. The lowest BCUT2D eigenvalue weighted by atomic mass is 10.0. The van der Waals surface area contributed by atoms with Gasteiger partial charge in [0.2, 0.25) is 0 Å². The van der Waals surface area contributed by atoms with Gasteiger partial charge in [-0.15, -0.1) is 0 Å². The first-order chi connectivity index (χ1) is 15.8. The van der Waals surface area contributed by atoms with E-state index in [0.717, 1.165) is 58.5 Å². The number of rotatable bonds is 3. The van der Waals surface area contributed by atoms with Crippen molar-refractivity contribution < 1.29 is 0 Å². The van der Waals surface area contributed by atoms with Crippen LogP contribution in [0, 0.1) is 0 Å². The summed E-state index contributed by atoms with van der Waals surface area (Å²) in [5.74, 6) is 1.00. The summed E-state index contributed by atoms with van der Waals surface area (Å²) in [6.07, 6.45) is 4.09. The average Bonchev–Trinajstić information content (AvgIpc) is 3.24. The number of nitrogens with zero attached hydrogens (tertiary/aromatic N) is 3. The van der Waals surface area contributed by atoms with Crippen molar-refractivity contribution in [1.82, 2.24) is 19.9 Å². The normalized spacial score (nSPS) is 14.9. The van der Waals surface area contributed by atoms with E-state index in [0.29, 0.717) is 6.04 Å². The number of halogens is 1. The van der Waals surface area contributed by atoms with Crippen LogP contribution in [0.3, 0.4) is 0 Å². The second-order valence-electron chi connectivity index (χ2n) is 8.39. The molecule has 1 fully saturated rings. The molecule has 0 saturated carbocycles. The van der Waals surface area contributed by atoms with E-state index in [4.69, 9.17) is 9.97 Å². The number of imidazole rings is 1. The maximum absolute atomic E-state index is 5.21. The van der Waals surface area contributed by atoms with Crippen molar-refractivity contribution in [2.45, 2.75) is 18.9 Å². The summed E-state index contributed by atoms with van der Waals surface area (Å²) in [5, 5.41) is 5.97. The quantitative estimate of drug-likeness (QED) is 0.314. The Kier molecular flexibility index (Phi) is 5.01. The third kappa shape index (κ3) is 3.42. The van der Waals surface area contributed by atoms with Gasteiger partial charge < -0.3 is 9.88 Å². The predicted molar refractivity (Wildman–Crippen MR) is 135 cm³/mol. The topological polar surface area (TPSA) is 42.7 Å². The highest BCUT2D eigenvalue weighted by Gasteiger charge is 2.24. The number of aromatic nitrogens is 3. The molecule has 6 rings (SSSR count). The van der Waals surface area contributed by atoms with Crippen LogP contribution in [0.4, 0.5) is 0 Å². The molecule has 0 bridgehead atoms. The SMILES string of the molecule is Brc1ccc(-c2nc3c(-c4ccc5ccccc5c4)ccnc3n2C2CCNCC2)cc1. The predicted octanol–water partition coefficient (Wildman–Crippen LogP) is 6.61. The van der Waals surface area contributed by atoms with Crippen molar-refractivity contribution in [3.63, 3.8) is 0 Å². The summed E-state index contributed by atoms with van der Waals surface area (Å²) < 4.78 is 3.45. The van der Waals surface area contributed by atoms with E-state index in [1.807, 2.05) is 6.20 Å². The van der Waals surface area contributed by atoms with Gasteiger partial charge in [0.15, 0.2) is 5.65 Å². The summed E-state index contributed by atoms with van der Waals surface area (Å²) in [4.78, 5) is 10.0. The highest BCUT2D eigenvalue weighted by Crippen LogP contribution is 2.36. The van der Waals surface area contributed by atoms with Gasteiger partial charge >= 0.3 is 0 Å². The molecule has 2 aromatic heterocycles. The van der Waals surface area contributed by atoms with Crippen molar-refractivity contribution >= 4 is 37.9 Å². The zero-order valence-corrected chi connectivity index (χ0v) is 19.2. The first-order valence-electron chi connectivity index (χ1n) is 11.1. The Morgan fingerprint density at radius 1 is 0.844 bits per heavy atom. The average molecular weight is 483 g/mol. The number of fused-ring (bicyclic) bond motifs is 2. The van der Waals surface area contributed by atoms with Gasteiger partial charge in [-0.05, 0) is 66.5 Å². The van der Waals surface area contributed by atoms with Gasteiger partial charge in [-0.2, -0.15) is 0 Å². The lowest BCUT2D eigenvalue weighted by Gasteiger charge is -2.26. The molecule has 4 nitrogen and oxygen atoms in total. The molecule has 0 atom stereocenters. The van der Waals surface area contributed by atoms with E-state index in [2.05, 4.69) is 98.6 Å². The van der Waals surface area contributed by atoms with Crippen molar-refractivity contribution in [2.24, 2.45) is 0 Å². The van der Waals surface area contributed by atoms with Crippen LogP contribution in [0.25, 0.3) is 44.5 Å². The zero-order chi connectivity index (χ0) is 21.5. The molecule has 1 aliphatic rings. The molecule has 158 valence electrons. The summed E-state index contributed by atoms with van der Waals surface area (Å²) in [6.45, 7) is 2.04. The molecular formula is C27H23BrN4. The fraction of sp³-hybridized carbons (Fsp3) is 0.185. The van der Waals surface area contributed by atoms with E-state index in [1.54, 1.807) is 0 Å². The Morgan fingerprint density at radius 2 is 1.59 bits per heavy atom. The molecule has 5 heteroatoms. The number of nitrogens with one attached hydrogen (secondary N) is 1. The van der Waals surface area contributed by atoms with E-state index >= 15 is 0 Å². The molecule has 0 radical (unpaired) electrons. The molecule has 0 spiro atoms. The zero-order valence-electron chi connectivity index (χ0n) is 17.6. The van der Waals surface area contributed by atoms with Crippen LogP contribution in [0.5, 0.6) is 0 Å². The molecule has 5 aromatic rings. The van der Waals surface area contributed by atoms with E-state index in [9.17, 15) is 0 Å². The van der Waals surface area contributed by atoms with Gasteiger partial charge in [0, 0.05) is 27.8 Å². The standard InChI is InChI=1S/C27H23BrN4/c28-22-9-7-19(8-10-22)26-31-25-24(21-6-5-18-3-1-2-4-20(18)17-21)13-16-30-27(25)32(26)23-11-14-29-15-12-23/h1-10,13,16-17,23,29H,11-12,14-15H2. The van der Waals surface area contributed by atoms with E-state index < -0.39 is 0 Å². The molecule has 0 amide bonds. The molecule has 32 heavy (non-hydrogen) atoms. The molecule has 0 unspecified atom stereocenters. The second-order valence-corrected chi connectivity index (χ2v) is 9.30. The van der Waals surface area contributed by atoms with Crippen molar-refractivity contribution in [3.8, 4) is 22.5 Å². The van der Waals surface area contributed by atoms with Crippen molar-refractivity contribution in [3.05, 3.63) is 83.5 Å². The fourth-order valence-corrected chi connectivity index (χ4v) is 5.06. The van der Waals surface area contributed by atoms with Gasteiger partial charge in [-0.3, -0.25) is 0 Å². The van der Waals surface area contributed by atoms with Crippen molar-refractivity contribution in [2.75, 3.05) is 13.1 Å². The first kappa shape index (κ1) is 19.6. The van der Waals surface area contributed by atoms with Crippen LogP contribution in [-0.2, 0) is 0 Å². The third-order valence-electron chi connectivity index (χ3n) is 6.42. The van der Waals surface area contributed by atoms with Gasteiger partial charge in [-0.25, -0.2) is 9.97 Å². The van der Waals surface area contributed by atoms with E-state index in [1.165, 1.54) is 16.3 Å². The number of hydrogen-bond donors (Lipinski definition) is 1. The Labute approximate surface area is 195 Å². The molecule has 1 N–H and O–H groups in total.